The zero-order valence-corrected chi connectivity index (χ0v) is 21.3. The van der Waals surface area contributed by atoms with E-state index in [4.69, 9.17) is 22.1 Å². The lowest BCUT2D eigenvalue weighted by Gasteiger charge is -2.14. The minimum absolute atomic E-state index is 0.186. The van der Waals surface area contributed by atoms with Gasteiger partial charge in [-0.3, -0.25) is 9.69 Å². The van der Waals surface area contributed by atoms with E-state index in [0.717, 1.165) is 16.5 Å². The number of fused-ring (bicyclic) bond motifs is 1. The molecule has 0 saturated carbocycles. The topological polar surface area (TPSA) is 82.6 Å². The number of carbonyl (C=O) groups is 2. The molecule has 0 atom stereocenters. The normalized spacial score (nSPS) is 14.6. The Morgan fingerprint density at radius 2 is 1.95 bits per heavy atom. The first-order valence-electron chi connectivity index (χ1n) is 11.4. The van der Waals surface area contributed by atoms with Gasteiger partial charge >= 0.3 is 5.97 Å². The van der Waals surface area contributed by atoms with Crippen LogP contribution in [0.15, 0.2) is 71.8 Å². The Morgan fingerprint density at radius 1 is 1.16 bits per heavy atom. The Labute approximate surface area is 221 Å². The number of carboxylic acid groups (broad SMARTS) is 1. The third-order valence-electron chi connectivity index (χ3n) is 6.14. The first-order valence-corrected chi connectivity index (χ1v) is 12.6. The van der Waals surface area contributed by atoms with Gasteiger partial charge < -0.3 is 14.8 Å². The zero-order chi connectivity index (χ0) is 26.1. The van der Waals surface area contributed by atoms with Crippen molar-refractivity contribution < 1.29 is 23.8 Å². The van der Waals surface area contributed by atoms with Gasteiger partial charge in [0.1, 0.15) is 15.9 Å². The van der Waals surface area contributed by atoms with Gasteiger partial charge in [0.05, 0.1) is 23.1 Å². The van der Waals surface area contributed by atoms with E-state index >= 15 is 0 Å². The summed E-state index contributed by atoms with van der Waals surface area (Å²) in [5.74, 6) is -0.934. The molecule has 2 heterocycles. The van der Waals surface area contributed by atoms with E-state index in [2.05, 4.69) is 4.98 Å². The highest BCUT2D eigenvalue weighted by molar-refractivity contribution is 8.26. The SMILES string of the molecule is COc1ccc(/C=C2\SC(=S)N(CCc3ccc(C(=O)O)cc3)C2=O)cc1-c1cc(F)c2[nH]ccc2c1. The van der Waals surface area contributed by atoms with E-state index in [9.17, 15) is 14.0 Å². The Balaban J connectivity index is 1.38. The number of nitrogens with zero attached hydrogens (tertiary/aromatic N) is 1. The van der Waals surface area contributed by atoms with E-state index in [0.29, 0.717) is 44.6 Å². The first kappa shape index (κ1) is 24.7. The highest BCUT2D eigenvalue weighted by Gasteiger charge is 2.31. The zero-order valence-electron chi connectivity index (χ0n) is 19.7. The van der Waals surface area contributed by atoms with Crippen LogP contribution in [0.25, 0.3) is 28.1 Å². The predicted molar refractivity (Wildman–Crippen MR) is 147 cm³/mol. The molecular formula is C28H21FN2O4S2. The number of methoxy groups -OCH3 is 1. The number of thioether (sulfide) groups is 1. The molecule has 0 spiro atoms. The lowest BCUT2D eigenvalue weighted by Crippen LogP contribution is -2.30. The number of halogens is 1. The van der Waals surface area contributed by atoms with Crippen LogP contribution in [-0.2, 0) is 11.2 Å². The minimum atomic E-state index is -0.981. The van der Waals surface area contributed by atoms with E-state index in [1.807, 2.05) is 24.3 Å². The van der Waals surface area contributed by atoms with Crippen LogP contribution in [0.4, 0.5) is 4.39 Å². The average molecular weight is 533 g/mol. The van der Waals surface area contributed by atoms with Crippen LogP contribution in [0.1, 0.15) is 21.5 Å². The van der Waals surface area contributed by atoms with E-state index in [-0.39, 0.29) is 17.3 Å². The molecular weight excluding hydrogens is 511 g/mol. The number of aromatic nitrogens is 1. The third-order valence-corrected chi connectivity index (χ3v) is 7.52. The molecule has 3 aromatic carbocycles. The maximum Gasteiger partial charge on any atom is 0.335 e. The van der Waals surface area contributed by atoms with Gasteiger partial charge in [0, 0.05) is 23.7 Å². The number of carboxylic acids is 1. The number of amides is 1. The van der Waals surface area contributed by atoms with Gasteiger partial charge in [0.25, 0.3) is 5.91 Å². The largest absolute Gasteiger partial charge is 0.496 e. The number of rotatable bonds is 7. The molecule has 0 bridgehead atoms. The van der Waals surface area contributed by atoms with Crippen LogP contribution in [0, 0.1) is 5.82 Å². The number of hydrogen-bond acceptors (Lipinski definition) is 5. The van der Waals surface area contributed by atoms with Crippen LogP contribution in [0.5, 0.6) is 5.75 Å². The average Bonchev–Trinajstić information content (AvgIpc) is 3.47. The van der Waals surface area contributed by atoms with Gasteiger partial charge in [0.2, 0.25) is 0 Å². The van der Waals surface area contributed by atoms with Crippen molar-refractivity contribution in [3.05, 3.63) is 94.3 Å². The Morgan fingerprint density at radius 3 is 2.68 bits per heavy atom. The van der Waals surface area contributed by atoms with Crippen molar-refractivity contribution in [3.8, 4) is 16.9 Å². The lowest BCUT2D eigenvalue weighted by molar-refractivity contribution is -0.122. The minimum Gasteiger partial charge on any atom is -0.496 e. The van der Waals surface area contributed by atoms with Gasteiger partial charge in [-0.25, -0.2) is 9.18 Å². The molecule has 0 aliphatic carbocycles. The highest BCUT2D eigenvalue weighted by atomic mass is 32.2. The predicted octanol–water partition coefficient (Wildman–Crippen LogP) is 6.12. The molecule has 186 valence electrons. The number of carbonyl (C=O) groups excluding carboxylic acids is 1. The number of aromatic amines is 1. The molecule has 0 radical (unpaired) electrons. The van der Waals surface area contributed by atoms with Gasteiger partial charge in [-0.1, -0.05) is 42.2 Å². The fraction of sp³-hybridized carbons (Fsp3) is 0.107. The number of nitrogens with one attached hydrogen (secondary N) is 1. The second kappa shape index (κ2) is 10.2. The van der Waals surface area contributed by atoms with E-state index < -0.39 is 5.97 Å². The Bertz CT molecular complexity index is 1580. The standard InChI is InChI=1S/C28H21FN2O4S2/c1-35-23-7-4-17(12-21(23)20-14-19-8-10-30-25(19)22(29)15-20)13-24-26(32)31(28(36)37-24)11-9-16-2-5-18(6-3-16)27(33)34/h2-8,10,12-15,30H,9,11H2,1H3,(H,33,34)/b24-13-. The molecule has 2 N–H and O–H groups in total. The molecule has 1 fully saturated rings. The van der Waals surface area contributed by atoms with Gasteiger partial charge in [-0.15, -0.1) is 0 Å². The molecule has 6 nitrogen and oxygen atoms in total. The van der Waals surface area contributed by atoms with Crippen molar-refractivity contribution in [2.24, 2.45) is 0 Å². The van der Waals surface area contributed by atoms with Crippen LogP contribution in [0.3, 0.4) is 0 Å². The van der Waals surface area contributed by atoms with Crippen molar-refractivity contribution in [3.63, 3.8) is 0 Å². The van der Waals surface area contributed by atoms with Crippen LogP contribution < -0.4 is 4.74 Å². The van der Waals surface area contributed by atoms with Crippen molar-refractivity contribution in [1.82, 2.24) is 9.88 Å². The number of benzene rings is 3. The van der Waals surface area contributed by atoms with Crippen LogP contribution in [-0.4, -0.2) is 44.8 Å². The number of thiocarbonyl (C=S) groups is 1. The summed E-state index contributed by atoms with van der Waals surface area (Å²) in [4.78, 5) is 29.1. The molecule has 1 aromatic heterocycles. The smallest absolute Gasteiger partial charge is 0.335 e. The monoisotopic (exact) mass is 532 g/mol. The molecule has 37 heavy (non-hydrogen) atoms. The van der Waals surface area contributed by atoms with Crippen LogP contribution >= 0.6 is 24.0 Å². The van der Waals surface area contributed by atoms with E-state index in [1.165, 1.54) is 17.8 Å². The number of H-pyrrole nitrogens is 1. The molecule has 1 saturated heterocycles. The van der Waals surface area contributed by atoms with Crippen molar-refractivity contribution in [2.75, 3.05) is 13.7 Å². The summed E-state index contributed by atoms with van der Waals surface area (Å²) < 4.78 is 20.6. The van der Waals surface area contributed by atoms with Gasteiger partial charge in [0.15, 0.2) is 0 Å². The molecule has 1 aliphatic rings. The van der Waals surface area contributed by atoms with Gasteiger partial charge in [-0.2, -0.15) is 0 Å². The maximum atomic E-state index is 14.6. The second-order valence-electron chi connectivity index (χ2n) is 8.45. The second-order valence-corrected chi connectivity index (χ2v) is 10.1. The molecule has 1 aliphatic heterocycles. The lowest BCUT2D eigenvalue weighted by atomic mass is 10.00. The van der Waals surface area contributed by atoms with Crippen molar-refractivity contribution >= 4 is 57.2 Å². The quantitative estimate of drug-likeness (QED) is 0.220. The number of aromatic carboxylic acids is 1. The fourth-order valence-corrected chi connectivity index (χ4v) is 5.53. The van der Waals surface area contributed by atoms with Crippen molar-refractivity contribution in [1.29, 1.82) is 0 Å². The molecule has 5 rings (SSSR count). The number of hydrogen-bond donors (Lipinski definition) is 2. The third kappa shape index (κ3) is 5.00. The summed E-state index contributed by atoms with van der Waals surface area (Å²) >= 11 is 6.69. The number of ether oxygens (including phenoxy) is 1. The van der Waals surface area contributed by atoms with E-state index in [1.54, 1.807) is 54.6 Å². The van der Waals surface area contributed by atoms with Gasteiger partial charge in [-0.05, 0) is 71.7 Å². The molecule has 1 amide bonds. The summed E-state index contributed by atoms with van der Waals surface area (Å²) in [6, 6.07) is 17.2. The highest BCUT2D eigenvalue weighted by Crippen LogP contribution is 2.37. The summed E-state index contributed by atoms with van der Waals surface area (Å²) in [6.45, 7) is 0.387. The summed E-state index contributed by atoms with van der Waals surface area (Å²) in [5, 5.41) is 9.80. The Kier molecular flexibility index (Phi) is 6.82. The molecule has 0 unspecified atom stereocenters. The molecule has 9 heteroatoms. The summed E-state index contributed by atoms with van der Waals surface area (Å²) in [7, 11) is 1.56. The maximum absolute atomic E-state index is 14.6. The fourth-order valence-electron chi connectivity index (χ4n) is 4.22. The van der Waals surface area contributed by atoms with Crippen molar-refractivity contribution in [2.45, 2.75) is 6.42 Å². The summed E-state index contributed by atoms with van der Waals surface area (Å²) in [5.41, 5.74) is 3.70. The summed E-state index contributed by atoms with van der Waals surface area (Å²) in [6.07, 6.45) is 4.01. The molecule has 4 aromatic rings. The Hall–Kier alpha value is -3.95. The first-order chi connectivity index (χ1) is 17.8. The van der Waals surface area contributed by atoms with Crippen LogP contribution in [0.2, 0.25) is 0 Å².